The minimum atomic E-state index is 0.0723. The highest BCUT2D eigenvalue weighted by molar-refractivity contribution is 5.03. The molecule has 1 heterocycles. The Hall–Kier alpha value is -0.960. The van der Waals surface area contributed by atoms with E-state index in [0.29, 0.717) is 0 Å². The molecule has 1 rings (SSSR count). The van der Waals surface area contributed by atoms with Crippen LogP contribution in [0.4, 0.5) is 0 Å². The Morgan fingerprint density at radius 2 is 2.00 bits per heavy atom. The molecule has 0 amide bonds. The molecule has 0 saturated carbocycles. The molecule has 0 spiro atoms. The van der Waals surface area contributed by atoms with Gasteiger partial charge >= 0.3 is 0 Å². The average Bonchev–Trinajstić information content (AvgIpc) is 2.15. The molecule has 1 aromatic heterocycles. The van der Waals surface area contributed by atoms with Gasteiger partial charge in [-0.25, -0.2) is 0 Å². The molecule has 0 saturated heterocycles. The lowest BCUT2D eigenvalue weighted by Crippen LogP contribution is -2.11. The number of hydrogen-bond acceptors (Lipinski definition) is 3. The Morgan fingerprint density at radius 3 is 2.43 bits per heavy atom. The normalized spacial score (nSPS) is 13.2. The average molecular weight is 194 g/mol. The number of hydrogen-bond donors (Lipinski definition) is 0. The molecule has 1 aromatic rings. The van der Waals surface area contributed by atoms with Crippen molar-refractivity contribution in [2.75, 3.05) is 0 Å². The smallest absolute Gasteiger partial charge is 0.101 e. The van der Waals surface area contributed by atoms with E-state index in [1.165, 1.54) is 0 Å². The SMILES string of the molecule is CC[C@H](OC(C)C)c1cnc(C)cn1. The molecule has 0 aliphatic rings. The van der Waals surface area contributed by atoms with Crippen LogP contribution in [0.15, 0.2) is 12.4 Å². The van der Waals surface area contributed by atoms with E-state index in [4.69, 9.17) is 4.74 Å². The van der Waals surface area contributed by atoms with Gasteiger partial charge in [0.25, 0.3) is 0 Å². The summed E-state index contributed by atoms with van der Waals surface area (Å²) < 4.78 is 5.72. The largest absolute Gasteiger partial charge is 0.369 e. The quantitative estimate of drug-likeness (QED) is 0.739. The summed E-state index contributed by atoms with van der Waals surface area (Å²) in [7, 11) is 0. The van der Waals surface area contributed by atoms with Gasteiger partial charge in [-0.15, -0.1) is 0 Å². The second kappa shape index (κ2) is 5.05. The highest BCUT2D eigenvalue weighted by Gasteiger charge is 2.12. The van der Waals surface area contributed by atoms with Gasteiger partial charge in [-0.2, -0.15) is 0 Å². The Kier molecular flexibility index (Phi) is 4.01. The van der Waals surface area contributed by atoms with Crippen molar-refractivity contribution < 1.29 is 4.74 Å². The van der Waals surface area contributed by atoms with Gasteiger partial charge < -0.3 is 4.74 Å². The summed E-state index contributed by atoms with van der Waals surface area (Å²) in [5.74, 6) is 0. The van der Waals surface area contributed by atoms with Crippen LogP contribution in [-0.4, -0.2) is 16.1 Å². The lowest BCUT2D eigenvalue weighted by molar-refractivity contribution is 0.00184. The van der Waals surface area contributed by atoms with Gasteiger partial charge in [0.05, 0.1) is 23.7 Å². The number of nitrogens with zero attached hydrogens (tertiary/aromatic N) is 2. The number of aryl methyl sites for hydroxylation is 1. The lowest BCUT2D eigenvalue weighted by Gasteiger charge is -2.17. The van der Waals surface area contributed by atoms with Crippen molar-refractivity contribution in [3.8, 4) is 0 Å². The van der Waals surface area contributed by atoms with Gasteiger partial charge in [-0.3, -0.25) is 9.97 Å². The molecule has 1 atom stereocenters. The first kappa shape index (κ1) is 11.1. The molecule has 0 unspecified atom stereocenters. The summed E-state index contributed by atoms with van der Waals surface area (Å²) in [5, 5.41) is 0. The van der Waals surface area contributed by atoms with Gasteiger partial charge in [0.2, 0.25) is 0 Å². The van der Waals surface area contributed by atoms with Crippen LogP contribution in [0.1, 0.15) is 44.7 Å². The van der Waals surface area contributed by atoms with Crippen molar-refractivity contribution in [1.82, 2.24) is 9.97 Å². The van der Waals surface area contributed by atoms with Gasteiger partial charge in [0, 0.05) is 6.20 Å². The molecule has 3 nitrogen and oxygen atoms in total. The monoisotopic (exact) mass is 194 g/mol. The van der Waals surface area contributed by atoms with Crippen LogP contribution in [0.25, 0.3) is 0 Å². The van der Waals surface area contributed by atoms with E-state index in [0.717, 1.165) is 17.8 Å². The van der Waals surface area contributed by atoms with Crippen molar-refractivity contribution in [3.05, 3.63) is 23.8 Å². The summed E-state index contributed by atoms with van der Waals surface area (Å²) >= 11 is 0. The van der Waals surface area contributed by atoms with Gasteiger partial charge in [0.15, 0.2) is 0 Å². The Morgan fingerprint density at radius 1 is 1.29 bits per heavy atom. The molecule has 0 aliphatic carbocycles. The number of rotatable bonds is 4. The minimum Gasteiger partial charge on any atom is -0.369 e. The number of ether oxygens (including phenoxy) is 1. The van der Waals surface area contributed by atoms with E-state index < -0.39 is 0 Å². The zero-order chi connectivity index (χ0) is 10.6. The zero-order valence-electron chi connectivity index (χ0n) is 9.32. The highest BCUT2D eigenvalue weighted by atomic mass is 16.5. The molecule has 0 radical (unpaired) electrons. The molecule has 0 fully saturated rings. The fourth-order valence-corrected chi connectivity index (χ4v) is 1.27. The van der Waals surface area contributed by atoms with Crippen LogP contribution in [0.5, 0.6) is 0 Å². The fraction of sp³-hybridized carbons (Fsp3) is 0.636. The summed E-state index contributed by atoms with van der Waals surface area (Å²) in [4.78, 5) is 8.53. The third kappa shape index (κ3) is 3.07. The first-order valence-electron chi connectivity index (χ1n) is 5.07. The van der Waals surface area contributed by atoms with Gasteiger partial charge in [-0.05, 0) is 27.2 Å². The second-order valence-electron chi connectivity index (χ2n) is 3.66. The maximum absolute atomic E-state index is 5.72. The molecule has 14 heavy (non-hydrogen) atoms. The van der Waals surface area contributed by atoms with Crippen LogP contribution >= 0.6 is 0 Å². The Balaban J connectivity index is 2.73. The molecule has 0 aliphatic heterocycles. The first-order chi connectivity index (χ1) is 6.63. The molecular weight excluding hydrogens is 176 g/mol. The summed E-state index contributed by atoms with van der Waals surface area (Å²) in [6.45, 7) is 8.09. The van der Waals surface area contributed by atoms with Crippen molar-refractivity contribution in [3.63, 3.8) is 0 Å². The summed E-state index contributed by atoms with van der Waals surface area (Å²) in [5.41, 5.74) is 1.86. The van der Waals surface area contributed by atoms with Crippen LogP contribution in [0.3, 0.4) is 0 Å². The van der Waals surface area contributed by atoms with Crippen LogP contribution in [0, 0.1) is 6.92 Å². The molecule has 3 heteroatoms. The maximum atomic E-state index is 5.72. The van der Waals surface area contributed by atoms with Crippen molar-refractivity contribution in [2.24, 2.45) is 0 Å². The molecule has 78 valence electrons. The summed E-state index contributed by atoms with van der Waals surface area (Å²) in [6.07, 6.45) is 4.80. The minimum absolute atomic E-state index is 0.0723. The molecule has 0 aromatic carbocycles. The van der Waals surface area contributed by atoms with E-state index in [1.54, 1.807) is 12.4 Å². The zero-order valence-corrected chi connectivity index (χ0v) is 9.32. The summed E-state index contributed by atoms with van der Waals surface area (Å²) in [6, 6.07) is 0. The fourth-order valence-electron chi connectivity index (χ4n) is 1.27. The van der Waals surface area contributed by atoms with Crippen molar-refractivity contribution in [2.45, 2.75) is 46.3 Å². The van der Waals surface area contributed by atoms with Crippen LogP contribution in [0.2, 0.25) is 0 Å². The predicted octanol–water partition coefficient (Wildman–Crippen LogP) is 2.66. The number of aromatic nitrogens is 2. The van der Waals surface area contributed by atoms with Gasteiger partial charge in [0.1, 0.15) is 6.10 Å². The van der Waals surface area contributed by atoms with E-state index in [-0.39, 0.29) is 12.2 Å². The Bertz CT molecular complexity index is 269. The predicted molar refractivity (Wildman–Crippen MR) is 56.0 cm³/mol. The second-order valence-corrected chi connectivity index (χ2v) is 3.66. The third-order valence-corrected chi connectivity index (χ3v) is 1.94. The Labute approximate surface area is 85.5 Å². The molecular formula is C11H18N2O. The van der Waals surface area contributed by atoms with Crippen LogP contribution in [-0.2, 0) is 4.74 Å². The molecule has 0 bridgehead atoms. The van der Waals surface area contributed by atoms with Gasteiger partial charge in [-0.1, -0.05) is 6.92 Å². The third-order valence-electron chi connectivity index (χ3n) is 1.94. The van der Waals surface area contributed by atoms with Crippen molar-refractivity contribution in [1.29, 1.82) is 0 Å². The lowest BCUT2D eigenvalue weighted by atomic mass is 10.2. The standard InChI is InChI=1S/C11H18N2O/c1-5-11(14-8(2)3)10-7-12-9(4)6-13-10/h6-8,11H,5H2,1-4H3/t11-/m0/s1. The van der Waals surface area contributed by atoms with E-state index in [9.17, 15) is 0 Å². The maximum Gasteiger partial charge on any atom is 0.101 e. The first-order valence-corrected chi connectivity index (χ1v) is 5.07. The van der Waals surface area contributed by atoms with E-state index in [2.05, 4.69) is 16.9 Å². The molecule has 0 N–H and O–H groups in total. The highest BCUT2D eigenvalue weighted by Crippen LogP contribution is 2.19. The van der Waals surface area contributed by atoms with E-state index in [1.807, 2.05) is 20.8 Å². The van der Waals surface area contributed by atoms with Crippen molar-refractivity contribution >= 4 is 0 Å². The topological polar surface area (TPSA) is 35.0 Å². The van der Waals surface area contributed by atoms with Crippen LogP contribution < -0.4 is 0 Å². The van der Waals surface area contributed by atoms with E-state index >= 15 is 0 Å².